The number of pyridine rings is 2. The number of halogens is 2. The highest BCUT2D eigenvalue weighted by atomic mass is 35.5. The van der Waals surface area contributed by atoms with E-state index in [4.69, 9.17) is 11.6 Å². The van der Waals surface area contributed by atoms with Crippen molar-refractivity contribution >= 4 is 35.1 Å². The van der Waals surface area contributed by atoms with Gasteiger partial charge in [0.2, 0.25) is 0 Å². The second-order valence-electron chi connectivity index (χ2n) is 10.3. The van der Waals surface area contributed by atoms with Crippen LogP contribution in [0.15, 0.2) is 53.7 Å². The fourth-order valence-electron chi connectivity index (χ4n) is 4.28. The Kier molecular flexibility index (Phi) is 8.40. The van der Waals surface area contributed by atoms with Crippen LogP contribution in [0.5, 0.6) is 0 Å². The minimum Gasteiger partial charge on any atom is -0.362 e. The summed E-state index contributed by atoms with van der Waals surface area (Å²) in [4.78, 5) is 16.5. The van der Waals surface area contributed by atoms with Crippen molar-refractivity contribution in [3.63, 3.8) is 0 Å². The first-order chi connectivity index (χ1) is 17.1. The lowest BCUT2D eigenvalue weighted by Gasteiger charge is -2.42. The van der Waals surface area contributed by atoms with Crippen LogP contribution in [0.3, 0.4) is 0 Å². The molecule has 0 unspecified atom stereocenters. The van der Waals surface area contributed by atoms with E-state index in [9.17, 15) is 0 Å². The van der Waals surface area contributed by atoms with Crippen molar-refractivity contribution in [3.8, 4) is 11.3 Å². The Labute approximate surface area is 223 Å². The average molecular weight is 529 g/mol. The van der Waals surface area contributed by atoms with Crippen molar-refractivity contribution < 1.29 is 4.39 Å². The molecule has 36 heavy (non-hydrogen) atoms. The molecule has 1 saturated heterocycles. The quantitative estimate of drug-likeness (QED) is 0.375. The third kappa shape index (κ3) is 6.68. The zero-order valence-corrected chi connectivity index (χ0v) is 23.1. The van der Waals surface area contributed by atoms with Crippen LogP contribution in [0.1, 0.15) is 26.3 Å². The molecule has 1 aromatic carbocycles. The number of rotatable bonds is 7. The smallest absolute Gasteiger partial charge is 0.143 e. The number of nitrogens with one attached hydrogen (secondary N) is 1. The van der Waals surface area contributed by atoms with E-state index in [-0.39, 0.29) is 11.4 Å². The summed E-state index contributed by atoms with van der Waals surface area (Å²) >= 11 is 7.55. The predicted octanol–water partition coefficient (Wildman–Crippen LogP) is 6.04. The van der Waals surface area contributed by atoms with Gasteiger partial charge in [-0.25, -0.2) is 9.37 Å². The maximum absolute atomic E-state index is 15.2. The third-order valence-corrected chi connectivity index (χ3v) is 7.36. The number of piperazine rings is 1. The molecule has 1 fully saturated rings. The molecule has 3 aromatic rings. The summed E-state index contributed by atoms with van der Waals surface area (Å²) in [5, 5.41) is 0.568. The molecule has 0 radical (unpaired) electrons. The van der Waals surface area contributed by atoms with Crippen LogP contribution in [0.25, 0.3) is 11.3 Å². The van der Waals surface area contributed by atoms with Crippen molar-refractivity contribution in [2.75, 3.05) is 49.9 Å². The van der Waals surface area contributed by atoms with Crippen molar-refractivity contribution in [1.29, 1.82) is 0 Å². The van der Waals surface area contributed by atoms with Gasteiger partial charge in [0.1, 0.15) is 11.6 Å². The summed E-state index contributed by atoms with van der Waals surface area (Å²) in [6, 6.07) is 11.1. The largest absolute Gasteiger partial charge is 0.362 e. The van der Waals surface area contributed by atoms with Crippen LogP contribution < -0.4 is 9.62 Å². The molecule has 1 aliphatic rings. The van der Waals surface area contributed by atoms with Gasteiger partial charge >= 0.3 is 0 Å². The summed E-state index contributed by atoms with van der Waals surface area (Å²) in [7, 11) is 3.87. The second-order valence-corrected chi connectivity index (χ2v) is 11.5. The van der Waals surface area contributed by atoms with Crippen LogP contribution in [0.4, 0.5) is 15.9 Å². The summed E-state index contributed by atoms with van der Waals surface area (Å²) in [5.74, 6) is 0.555. The molecular weight excluding hydrogens is 495 g/mol. The highest BCUT2D eigenvalue weighted by Gasteiger charge is 2.25. The van der Waals surface area contributed by atoms with E-state index in [2.05, 4.69) is 45.3 Å². The molecule has 6 nitrogen and oxygen atoms in total. The molecule has 1 aliphatic heterocycles. The number of nitrogens with zero attached hydrogens (tertiary/aromatic N) is 5. The molecule has 0 saturated carbocycles. The van der Waals surface area contributed by atoms with Gasteiger partial charge in [-0.15, -0.1) is 0 Å². The van der Waals surface area contributed by atoms with Crippen molar-refractivity contribution in [2.24, 2.45) is 0 Å². The average Bonchev–Trinajstić information content (AvgIpc) is 2.83. The standard InChI is InChI=1S/C27H34ClFN6S/c1-27(2,3)35-12-10-34(11-13-35)18-19-6-7-22(23(29)14-19)24-16-21(8-9-30-24)32-36-25-15-20(28)17-31-26(25)33(4)5/h6-9,14-17H,10-13,18H2,1-5H3,(H,30,32). The van der Waals surface area contributed by atoms with Crippen molar-refractivity contribution in [1.82, 2.24) is 19.8 Å². The Hall–Kier alpha value is -2.39. The Morgan fingerprint density at radius 1 is 1.06 bits per heavy atom. The summed E-state index contributed by atoms with van der Waals surface area (Å²) in [6.07, 6.45) is 3.31. The highest BCUT2D eigenvalue weighted by Crippen LogP contribution is 2.32. The molecule has 0 atom stereocenters. The maximum Gasteiger partial charge on any atom is 0.143 e. The molecule has 0 aliphatic carbocycles. The predicted molar refractivity (Wildman–Crippen MR) is 149 cm³/mol. The fraction of sp³-hybridized carbons (Fsp3) is 0.407. The van der Waals surface area contributed by atoms with Gasteiger partial charge in [0.05, 0.1) is 15.6 Å². The van der Waals surface area contributed by atoms with Gasteiger partial charge in [-0.05, 0) is 68.6 Å². The lowest BCUT2D eigenvalue weighted by atomic mass is 10.0. The Bertz CT molecular complexity index is 1190. The SMILES string of the molecule is CN(C)c1ncc(Cl)cc1SNc1ccnc(-c2ccc(CN3CCN(C(C)(C)C)CC3)cc2F)c1. The Morgan fingerprint density at radius 3 is 2.47 bits per heavy atom. The summed E-state index contributed by atoms with van der Waals surface area (Å²) < 4.78 is 18.5. The number of anilines is 2. The van der Waals surface area contributed by atoms with Gasteiger partial charge in [-0.3, -0.25) is 14.8 Å². The van der Waals surface area contributed by atoms with Gasteiger partial charge in [-0.1, -0.05) is 17.7 Å². The van der Waals surface area contributed by atoms with Crippen LogP contribution in [0, 0.1) is 5.82 Å². The van der Waals surface area contributed by atoms with E-state index in [1.807, 2.05) is 49.3 Å². The molecule has 3 heterocycles. The van der Waals surface area contributed by atoms with Gasteiger partial charge in [-0.2, -0.15) is 0 Å². The Morgan fingerprint density at radius 2 is 1.81 bits per heavy atom. The zero-order chi connectivity index (χ0) is 25.9. The third-order valence-electron chi connectivity index (χ3n) is 6.30. The molecule has 0 bridgehead atoms. The van der Waals surface area contributed by atoms with Gasteiger partial charge in [0, 0.05) is 76.0 Å². The van der Waals surface area contributed by atoms with E-state index in [0.717, 1.165) is 54.7 Å². The molecule has 192 valence electrons. The molecule has 0 spiro atoms. The van der Waals surface area contributed by atoms with E-state index < -0.39 is 0 Å². The minimum absolute atomic E-state index is 0.189. The van der Waals surface area contributed by atoms with Gasteiger partial charge in [0.25, 0.3) is 0 Å². The second kappa shape index (κ2) is 11.3. The normalized spacial score (nSPS) is 15.2. The fourth-order valence-corrected chi connectivity index (χ4v) is 5.37. The van der Waals surface area contributed by atoms with E-state index in [1.165, 1.54) is 11.9 Å². The lowest BCUT2D eigenvalue weighted by molar-refractivity contribution is 0.0591. The Balaban J connectivity index is 1.42. The lowest BCUT2D eigenvalue weighted by Crippen LogP contribution is -2.53. The highest BCUT2D eigenvalue weighted by molar-refractivity contribution is 8.00. The number of hydrogen-bond acceptors (Lipinski definition) is 7. The zero-order valence-electron chi connectivity index (χ0n) is 21.6. The van der Waals surface area contributed by atoms with Crippen LogP contribution in [-0.2, 0) is 6.54 Å². The minimum atomic E-state index is -0.257. The topological polar surface area (TPSA) is 47.5 Å². The van der Waals surface area contributed by atoms with Gasteiger partial charge < -0.3 is 9.62 Å². The first-order valence-electron chi connectivity index (χ1n) is 12.1. The molecular formula is C27H34ClFN6S. The van der Waals surface area contributed by atoms with E-state index in [0.29, 0.717) is 16.3 Å². The summed E-state index contributed by atoms with van der Waals surface area (Å²) in [5.41, 5.74) is 3.06. The monoisotopic (exact) mass is 528 g/mol. The summed E-state index contributed by atoms with van der Waals surface area (Å²) in [6.45, 7) is 11.6. The van der Waals surface area contributed by atoms with Gasteiger partial charge in [0.15, 0.2) is 0 Å². The first-order valence-corrected chi connectivity index (χ1v) is 13.3. The molecule has 0 amide bonds. The maximum atomic E-state index is 15.2. The first kappa shape index (κ1) is 26.7. The van der Waals surface area contributed by atoms with E-state index >= 15 is 4.39 Å². The molecule has 4 rings (SSSR count). The molecule has 9 heteroatoms. The van der Waals surface area contributed by atoms with E-state index in [1.54, 1.807) is 18.5 Å². The van der Waals surface area contributed by atoms with Crippen LogP contribution in [-0.4, -0.2) is 65.6 Å². The molecule has 1 N–H and O–H groups in total. The molecule has 2 aromatic heterocycles. The van der Waals surface area contributed by atoms with Crippen molar-refractivity contribution in [2.45, 2.75) is 37.8 Å². The number of aromatic nitrogens is 2. The van der Waals surface area contributed by atoms with Crippen LogP contribution >= 0.6 is 23.5 Å². The van der Waals surface area contributed by atoms with Crippen LogP contribution in [0.2, 0.25) is 5.02 Å². The number of hydrogen-bond donors (Lipinski definition) is 1. The number of benzene rings is 1. The van der Waals surface area contributed by atoms with Crippen molar-refractivity contribution in [3.05, 3.63) is 65.2 Å².